The van der Waals surface area contributed by atoms with E-state index < -0.39 is 5.91 Å². The number of carbonyl (C=O) groups is 2. The van der Waals surface area contributed by atoms with Crippen LogP contribution in [-0.2, 0) is 6.54 Å². The molecule has 0 aliphatic rings. The number of nitrogens with zero attached hydrogens (tertiary/aromatic N) is 2. The summed E-state index contributed by atoms with van der Waals surface area (Å²) < 4.78 is 0. The lowest BCUT2D eigenvalue weighted by molar-refractivity contribution is 0.1000. The third kappa shape index (κ3) is 4.73. The normalized spacial score (nSPS) is 10.2. The number of benzene rings is 2. The number of rotatable bonds is 5. The van der Waals surface area contributed by atoms with Crippen LogP contribution in [0.1, 0.15) is 21.5 Å². The van der Waals surface area contributed by atoms with E-state index in [0.29, 0.717) is 12.1 Å². The van der Waals surface area contributed by atoms with Crippen LogP contribution >= 0.6 is 0 Å². The summed E-state index contributed by atoms with van der Waals surface area (Å²) in [6.07, 6.45) is 0. The fourth-order valence-electron chi connectivity index (χ4n) is 2.45. The number of primary amides is 1. The second-order valence-electron chi connectivity index (χ2n) is 6.24. The average Bonchev–Trinajstić information content (AvgIpc) is 2.56. The van der Waals surface area contributed by atoms with Gasteiger partial charge in [0.2, 0.25) is 5.91 Å². The summed E-state index contributed by atoms with van der Waals surface area (Å²) >= 11 is 0. The van der Waals surface area contributed by atoms with E-state index in [2.05, 4.69) is 5.32 Å². The molecule has 2 rings (SSSR count). The fraction of sp³-hybridized carbons (Fsp3) is 0.263. The summed E-state index contributed by atoms with van der Waals surface area (Å²) in [5.41, 5.74) is 9.40. The minimum absolute atomic E-state index is 0.217. The molecule has 0 aromatic heterocycles. The van der Waals surface area contributed by atoms with Crippen molar-refractivity contribution < 1.29 is 9.59 Å². The van der Waals surface area contributed by atoms with Crippen molar-refractivity contribution >= 4 is 23.3 Å². The van der Waals surface area contributed by atoms with Crippen LogP contribution in [0, 0.1) is 6.92 Å². The van der Waals surface area contributed by atoms with Gasteiger partial charge < -0.3 is 20.9 Å². The first-order valence-electron chi connectivity index (χ1n) is 7.96. The largest absolute Gasteiger partial charge is 0.378 e. The van der Waals surface area contributed by atoms with E-state index in [-0.39, 0.29) is 6.03 Å². The van der Waals surface area contributed by atoms with E-state index in [0.717, 1.165) is 22.5 Å². The molecular weight excluding hydrogens is 316 g/mol. The lowest BCUT2D eigenvalue weighted by atomic mass is 10.1. The minimum atomic E-state index is -0.481. The van der Waals surface area contributed by atoms with Crippen LogP contribution in [0.15, 0.2) is 42.5 Å². The second kappa shape index (κ2) is 7.70. The van der Waals surface area contributed by atoms with Crippen LogP contribution in [-0.4, -0.2) is 38.0 Å². The highest BCUT2D eigenvalue weighted by Gasteiger charge is 2.12. The zero-order valence-electron chi connectivity index (χ0n) is 15.0. The Morgan fingerprint density at radius 3 is 2.40 bits per heavy atom. The lowest BCUT2D eigenvalue weighted by Crippen LogP contribution is -2.31. The molecular formula is C19H24N4O2. The molecule has 2 aromatic rings. The standard InChI is InChI=1S/C19H24N4O2/c1-13-10-16(22(2)3)8-9-17(13)21-19(25)23(4)12-14-6-5-7-15(11-14)18(20)24/h5-11H,12H2,1-4H3,(H2,20,24)(H,21,25). The highest BCUT2D eigenvalue weighted by molar-refractivity contribution is 5.93. The van der Waals surface area contributed by atoms with E-state index in [9.17, 15) is 9.59 Å². The predicted octanol–water partition coefficient (Wildman–Crippen LogP) is 2.82. The number of amides is 3. The van der Waals surface area contributed by atoms with E-state index in [1.165, 1.54) is 0 Å². The van der Waals surface area contributed by atoms with Crippen LogP contribution in [0.4, 0.5) is 16.2 Å². The maximum absolute atomic E-state index is 12.4. The molecule has 0 saturated carbocycles. The Labute approximate surface area is 148 Å². The summed E-state index contributed by atoms with van der Waals surface area (Å²) in [4.78, 5) is 27.2. The van der Waals surface area contributed by atoms with Gasteiger partial charge in [0.05, 0.1) is 0 Å². The number of hydrogen-bond acceptors (Lipinski definition) is 3. The third-order valence-corrected chi connectivity index (χ3v) is 3.95. The molecule has 132 valence electrons. The Morgan fingerprint density at radius 1 is 1.08 bits per heavy atom. The van der Waals surface area contributed by atoms with Crippen LogP contribution in [0.5, 0.6) is 0 Å². The third-order valence-electron chi connectivity index (χ3n) is 3.95. The molecule has 2 aromatic carbocycles. The topological polar surface area (TPSA) is 78.7 Å². The number of nitrogens with one attached hydrogen (secondary N) is 1. The molecule has 0 atom stereocenters. The minimum Gasteiger partial charge on any atom is -0.378 e. The van der Waals surface area contributed by atoms with Crippen LogP contribution < -0.4 is 16.0 Å². The predicted molar refractivity (Wildman–Crippen MR) is 101 cm³/mol. The van der Waals surface area contributed by atoms with Gasteiger partial charge in [0, 0.05) is 44.6 Å². The van der Waals surface area contributed by atoms with Gasteiger partial charge in [-0.2, -0.15) is 0 Å². The highest BCUT2D eigenvalue weighted by Crippen LogP contribution is 2.21. The molecule has 0 aliphatic heterocycles. The monoisotopic (exact) mass is 340 g/mol. The molecule has 0 saturated heterocycles. The molecule has 6 heteroatoms. The molecule has 0 bridgehead atoms. The van der Waals surface area contributed by atoms with E-state index >= 15 is 0 Å². The van der Waals surface area contributed by atoms with Crippen molar-refractivity contribution in [2.45, 2.75) is 13.5 Å². The first-order chi connectivity index (χ1) is 11.8. The van der Waals surface area contributed by atoms with Crippen molar-refractivity contribution in [1.82, 2.24) is 4.90 Å². The highest BCUT2D eigenvalue weighted by atomic mass is 16.2. The van der Waals surface area contributed by atoms with E-state index in [1.54, 1.807) is 30.1 Å². The number of carbonyl (C=O) groups excluding carboxylic acids is 2. The summed E-state index contributed by atoms with van der Waals surface area (Å²) in [7, 11) is 5.65. The lowest BCUT2D eigenvalue weighted by Gasteiger charge is -2.20. The van der Waals surface area contributed by atoms with Crippen molar-refractivity contribution in [3.05, 3.63) is 59.2 Å². The van der Waals surface area contributed by atoms with Crippen molar-refractivity contribution in [1.29, 1.82) is 0 Å². The van der Waals surface area contributed by atoms with Crippen molar-refractivity contribution in [2.75, 3.05) is 31.4 Å². The Kier molecular flexibility index (Phi) is 5.64. The summed E-state index contributed by atoms with van der Waals surface area (Å²) in [6.45, 7) is 2.33. The van der Waals surface area contributed by atoms with Crippen molar-refractivity contribution in [2.24, 2.45) is 5.73 Å². The molecule has 3 amide bonds. The second-order valence-corrected chi connectivity index (χ2v) is 6.24. The maximum atomic E-state index is 12.4. The fourth-order valence-corrected chi connectivity index (χ4v) is 2.45. The molecule has 0 aliphatic carbocycles. The van der Waals surface area contributed by atoms with Crippen LogP contribution in [0.25, 0.3) is 0 Å². The quantitative estimate of drug-likeness (QED) is 0.878. The van der Waals surface area contributed by atoms with Gasteiger partial charge in [0.15, 0.2) is 0 Å². The summed E-state index contributed by atoms with van der Waals surface area (Å²) in [6, 6.07) is 12.6. The number of nitrogens with two attached hydrogens (primary N) is 1. The Bertz CT molecular complexity index is 787. The van der Waals surface area contributed by atoms with Crippen molar-refractivity contribution in [3.8, 4) is 0 Å². The van der Waals surface area contributed by atoms with Gasteiger partial charge in [-0.25, -0.2) is 4.79 Å². The number of hydrogen-bond donors (Lipinski definition) is 2. The van der Waals surface area contributed by atoms with E-state index in [4.69, 9.17) is 5.73 Å². The molecule has 0 radical (unpaired) electrons. The zero-order chi connectivity index (χ0) is 18.6. The van der Waals surface area contributed by atoms with Gasteiger partial charge >= 0.3 is 6.03 Å². The Hall–Kier alpha value is -3.02. The first-order valence-corrected chi connectivity index (χ1v) is 7.96. The SMILES string of the molecule is Cc1cc(N(C)C)ccc1NC(=O)N(C)Cc1cccc(C(N)=O)c1. The van der Waals surface area contributed by atoms with E-state index in [1.807, 2.05) is 50.2 Å². The van der Waals surface area contributed by atoms with Crippen LogP contribution in [0.2, 0.25) is 0 Å². The molecule has 25 heavy (non-hydrogen) atoms. The molecule has 0 fully saturated rings. The van der Waals surface area contributed by atoms with Gasteiger partial charge in [-0.05, 0) is 48.4 Å². The van der Waals surface area contributed by atoms with Gasteiger partial charge in [0.25, 0.3) is 0 Å². The smallest absolute Gasteiger partial charge is 0.321 e. The van der Waals surface area contributed by atoms with Gasteiger partial charge in [0.1, 0.15) is 0 Å². The first kappa shape index (κ1) is 18.3. The maximum Gasteiger partial charge on any atom is 0.321 e. The van der Waals surface area contributed by atoms with Gasteiger partial charge in [-0.1, -0.05) is 12.1 Å². The average molecular weight is 340 g/mol. The number of anilines is 2. The van der Waals surface area contributed by atoms with Crippen molar-refractivity contribution in [3.63, 3.8) is 0 Å². The molecule has 0 spiro atoms. The molecule has 0 unspecified atom stereocenters. The molecule has 6 nitrogen and oxygen atoms in total. The zero-order valence-corrected chi connectivity index (χ0v) is 15.0. The van der Waals surface area contributed by atoms with Crippen LogP contribution in [0.3, 0.4) is 0 Å². The summed E-state index contributed by atoms with van der Waals surface area (Å²) in [5.74, 6) is -0.481. The summed E-state index contributed by atoms with van der Waals surface area (Å²) in [5, 5.41) is 2.91. The Morgan fingerprint density at radius 2 is 1.80 bits per heavy atom. The van der Waals surface area contributed by atoms with Gasteiger partial charge in [-0.3, -0.25) is 4.79 Å². The number of urea groups is 1. The Balaban J connectivity index is 2.05. The number of aryl methyl sites for hydroxylation is 1. The molecule has 3 N–H and O–H groups in total. The van der Waals surface area contributed by atoms with Gasteiger partial charge in [-0.15, -0.1) is 0 Å². The molecule has 0 heterocycles.